The van der Waals surface area contributed by atoms with Crippen LogP contribution in [-0.2, 0) is 24.1 Å². The van der Waals surface area contributed by atoms with E-state index in [9.17, 15) is 13.2 Å². The van der Waals surface area contributed by atoms with Crippen LogP contribution in [0.2, 0.25) is 0 Å². The van der Waals surface area contributed by atoms with Gasteiger partial charge in [0.2, 0.25) is 11.8 Å². The van der Waals surface area contributed by atoms with Crippen molar-refractivity contribution in [3.8, 4) is 0 Å². The summed E-state index contributed by atoms with van der Waals surface area (Å²) in [4.78, 5) is 12.7. The van der Waals surface area contributed by atoms with Gasteiger partial charge in [0, 0.05) is 31.8 Å². The summed E-state index contributed by atoms with van der Waals surface area (Å²) in [6.45, 7) is 4.98. The summed E-state index contributed by atoms with van der Waals surface area (Å²) >= 11 is 0. The van der Waals surface area contributed by atoms with Crippen LogP contribution in [0.3, 0.4) is 0 Å². The lowest BCUT2D eigenvalue weighted by Crippen LogP contribution is -2.50. The first-order valence-electron chi connectivity index (χ1n) is 8.99. The highest BCUT2D eigenvalue weighted by molar-refractivity contribution is 7.94. The molecule has 0 spiro atoms. The highest BCUT2D eigenvalue weighted by atomic mass is 32.2. The monoisotopic (exact) mass is 386 g/mol. The minimum absolute atomic E-state index is 0.136. The highest BCUT2D eigenvalue weighted by Gasteiger charge is 2.46. The largest absolute Gasteiger partial charge is 0.381 e. The second-order valence-electron chi connectivity index (χ2n) is 7.35. The zero-order chi connectivity index (χ0) is 18.8. The van der Waals surface area contributed by atoms with Crippen molar-refractivity contribution in [1.82, 2.24) is 5.16 Å². The maximum atomic E-state index is 12.9. The van der Waals surface area contributed by atoms with Crippen LogP contribution in [0.1, 0.15) is 51.1 Å². The Balaban J connectivity index is 1.69. The van der Waals surface area contributed by atoms with Gasteiger partial charge in [0.1, 0.15) is 4.75 Å². The predicted molar refractivity (Wildman–Crippen MR) is 94.8 cm³/mol. The van der Waals surface area contributed by atoms with Gasteiger partial charge in [-0.05, 0) is 39.5 Å². The molecular weight excluding hydrogens is 360 g/mol. The molecular formula is C17H26N2O6S. The van der Waals surface area contributed by atoms with Crippen LogP contribution in [0.5, 0.6) is 0 Å². The Labute approximate surface area is 153 Å². The fourth-order valence-corrected chi connectivity index (χ4v) is 5.26. The van der Waals surface area contributed by atoms with Crippen LogP contribution in [0.4, 0.5) is 5.88 Å². The molecule has 1 unspecified atom stereocenters. The smallest absolute Gasteiger partial charge is 0.247 e. The van der Waals surface area contributed by atoms with Crippen molar-refractivity contribution in [2.24, 2.45) is 0 Å². The molecule has 1 aromatic heterocycles. The Morgan fingerprint density at radius 2 is 1.92 bits per heavy atom. The number of rotatable bonds is 5. The predicted octanol–water partition coefficient (Wildman–Crippen LogP) is 1.88. The highest BCUT2D eigenvalue weighted by Crippen LogP contribution is 2.30. The molecule has 1 amide bonds. The molecule has 26 heavy (non-hydrogen) atoms. The summed E-state index contributed by atoms with van der Waals surface area (Å²) in [5, 5.41) is 5.99. The molecule has 0 saturated carbocycles. The molecule has 2 aliphatic rings. The summed E-state index contributed by atoms with van der Waals surface area (Å²) < 4.78 is 40.1. The topological polar surface area (TPSA) is 108 Å². The van der Waals surface area contributed by atoms with Crippen LogP contribution in [0.25, 0.3) is 0 Å². The second kappa shape index (κ2) is 7.66. The maximum absolute atomic E-state index is 12.9. The summed E-state index contributed by atoms with van der Waals surface area (Å²) in [7, 11) is -3.67. The summed E-state index contributed by atoms with van der Waals surface area (Å²) in [6.07, 6.45) is 2.72. The first-order chi connectivity index (χ1) is 12.3. The van der Waals surface area contributed by atoms with Gasteiger partial charge >= 0.3 is 0 Å². The van der Waals surface area contributed by atoms with Crippen molar-refractivity contribution in [1.29, 1.82) is 0 Å². The minimum atomic E-state index is -3.67. The zero-order valence-electron chi connectivity index (χ0n) is 15.2. The van der Waals surface area contributed by atoms with Gasteiger partial charge in [-0.1, -0.05) is 5.16 Å². The van der Waals surface area contributed by atoms with Crippen molar-refractivity contribution >= 4 is 21.6 Å². The summed E-state index contributed by atoms with van der Waals surface area (Å²) in [6, 6.07) is 1.65. The third-order valence-corrected chi connectivity index (χ3v) is 8.17. The normalized spacial score (nSPS) is 22.9. The SMILES string of the molecule is CC(C)(C(=O)Nc1cc(C2CCCOC2)no1)S(=O)(=O)C1CCOCC1. The average molecular weight is 386 g/mol. The molecule has 0 aromatic carbocycles. The second-order valence-corrected chi connectivity index (χ2v) is 10.1. The Morgan fingerprint density at radius 3 is 2.58 bits per heavy atom. The first-order valence-corrected chi connectivity index (χ1v) is 10.5. The van der Waals surface area contributed by atoms with E-state index in [4.69, 9.17) is 14.0 Å². The van der Waals surface area contributed by atoms with E-state index in [1.165, 1.54) is 13.8 Å². The van der Waals surface area contributed by atoms with Gasteiger partial charge in [-0.25, -0.2) is 8.42 Å². The number of carbonyl (C=O) groups is 1. The number of ether oxygens (including phenoxy) is 2. The summed E-state index contributed by atoms with van der Waals surface area (Å²) in [5.74, 6) is -0.324. The van der Waals surface area contributed by atoms with E-state index in [1.807, 2.05) is 0 Å². The lowest BCUT2D eigenvalue weighted by atomic mass is 9.99. The molecule has 3 heterocycles. The maximum Gasteiger partial charge on any atom is 0.247 e. The van der Waals surface area contributed by atoms with E-state index in [-0.39, 0.29) is 11.8 Å². The van der Waals surface area contributed by atoms with Crippen molar-refractivity contribution < 1.29 is 27.2 Å². The number of hydrogen-bond donors (Lipinski definition) is 1. The Morgan fingerprint density at radius 1 is 1.19 bits per heavy atom. The number of sulfone groups is 1. The molecule has 2 aliphatic heterocycles. The molecule has 146 valence electrons. The van der Waals surface area contributed by atoms with Crippen LogP contribution in [0, 0.1) is 0 Å². The van der Waals surface area contributed by atoms with Gasteiger partial charge in [0.25, 0.3) is 0 Å². The van der Waals surface area contributed by atoms with E-state index >= 15 is 0 Å². The van der Waals surface area contributed by atoms with Crippen molar-refractivity contribution in [3.05, 3.63) is 11.8 Å². The van der Waals surface area contributed by atoms with Gasteiger partial charge in [-0.15, -0.1) is 0 Å². The molecule has 1 atom stereocenters. The molecule has 9 heteroatoms. The molecule has 0 aliphatic carbocycles. The fraction of sp³-hybridized carbons (Fsp3) is 0.765. The van der Waals surface area contributed by atoms with E-state index in [0.29, 0.717) is 38.4 Å². The van der Waals surface area contributed by atoms with E-state index in [0.717, 1.165) is 19.4 Å². The van der Waals surface area contributed by atoms with Crippen LogP contribution in [0.15, 0.2) is 10.6 Å². The van der Waals surface area contributed by atoms with Gasteiger partial charge < -0.3 is 14.0 Å². The number of nitrogens with zero attached hydrogens (tertiary/aromatic N) is 1. The van der Waals surface area contributed by atoms with Crippen molar-refractivity contribution in [3.63, 3.8) is 0 Å². The van der Waals surface area contributed by atoms with Crippen LogP contribution >= 0.6 is 0 Å². The molecule has 0 radical (unpaired) electrons. The van der Waals surface area contributed by atoms with Crippen LogP contribution in [-0.4, -0.2) is 55.9 Å². The minimum Gasteiger partial charge on any atom is -0.381 e. The third kappa shape index (κ3) is 3.79. The Hall–Kier alpha value is -1.45. The van der Waals surface area contributed by atoms with Crippen molar-refractivity contribution in [2.75, 3.05) is 31.7 Å². The van der Waals surface area contributed by atoms with E-state index < -0.39 is 25.7 Å². The third-order valence-electron chi connectivity index (χ3n) is 5.21. The van der Waals surface area contributed by atoms with E-state index in [2.05, 4.69) is 10.5 Å². The molecule has 0 bridgehead atoms. The number of anilines is 1. The van der Waals surface area contributed by atoms with Gasteiger partial charge in [-0.2, -0.15) is 0 Å². The first kappa shape index (κ1) is 19.3. The quantitative estimate of drug-likeness (QED) is 0.823. The molecule has 1 aromatic rings. The Bertz CT molecular complexity index is 730. The van der Waals surface area contributed by atoms with Crippen molar-refractivity contribution in [2.45, 2.75) is 55.4 Å². The Kier molecular flexibility index (Phi) is 5.69. The van der Waals surface area contributed by atoms with E-state index in [1.54, 1.807) is 6.07 Å². The molecule has 1 N–H and O–H groups in total. The molecule has 2 fully saturated rings. The number of nitrogens with one attached hydrogen (secondary N) is 1. The van der Waals surface area contributed by atoms with Gasteiger partial charge in [-0.3, -0.25) is 10.1 Å². The number of amides is 1. The fourth-order valence-electron chi connectivity index (χ4n) is 3.31. The average Bonchev–Trinajstić information content (AvgIpc) is 3.11. The lowest BCUT2D eigenvalue weighted by molar-refractivity contribution is -0.118. The van der Waals surface area contributed by atoms with Gasteiger partial charge in [0.15, 0.2) is 9.84 Å². The standard InChI is InChI=1S/C17H26N2O6S/c1-17(2,26(21,22)13-5-8-23-9-6-13)16(20)18-15-10-14(19-25-15)12-4-3-7-24-11-12/h10,12-13H,3-9,11H2,1-2H3,(H,18,20). The van der Waals surface area contributed by atoms with Crippen LogP contribution < -0.4 is 5.32 Å². The number of aromatic nitrogens is 1. The summed E-state index contributed by atoms with van der Waals surface area (Å²) in [5.41, 5.74) is 0.713. The van der Waals surface area contributed by atoms with Gasteiger partial charge in [0.05, 0.1) is 17.6 Å². The molecule has 2 saturated heterocycles. The number of carbonyl (C=O) groups excluding carboxylic acids is 1. The molecule has 3 rings (SSSR count). The lowest BCUT2D eigenvalue weighted by Gasteiger charge is -2.30. The zero-order valence-corrected chi connectivity index (χ0v) is 16.0. The number of hydrogen-bond acceptors (Lipinski definition) is 7. The molecule has 8 nitrogen and oxygen atoms in total.